The largest absolute Gasteiger partial charge is 0.455 e. The summed E-state index contributed by atoms with van der Waals surface area (Å²) in [4.78, 5) is 25.4. The minimum Gasteiger partial charge on any atom is -0.455 e. The zero-order chi connectivity index (χ0) is 21.0. The summed E-state index contributed by atoms with van der Waals surface area (Å²) in [6.45, 7) is 6.37. The number of ether oxygens (including phenoxy) is 1. The van der Waals surface area contributed by atoms with Gasteiger partial charge in [-0.3, -0.25) is 9.59 Å². The SMILES string of the molecule is CC(C)(C)[C@H]1CCc2c(sc(NC(=O)COC(=O)Cc3ccccc3)c2C#N)C1. The van der Waals surface area contributed by atoms with Gasteiger partial charge >= 0.3 is 5.97 Å². The Kier molecular flexibility index (Phi) is 6.39. The average molecular weight is 411 g/mol. The van der Waals surface area contributed by atoms with Crippen LogP contribution in [0.2, 0.25) is 0 Å². The van der Waals surface area contributed by atoms with Gasteiger partial charge in [-0.2, -0.15) is 5.26 Å². The summed E-state index contributed by atoms with van der Waals surface area (Å²) in [7, 11) is 0. The molecule has 0 aliphatic heterocycles. The number of esters is 1. The van der Waals surface area contributed by atoms with Gasteiger partial charge in [0, 0.05) is 4.88 Å². The summed E-state index contributed by atoms with van der Waals surface area (Å²) < 4.78 is 5.09. The number of hydrogen-bond donors (Lipinski definition) is 1. The van der Waals surface area contributed by atoms with Gasteiger partial charge in [0.05, 0.1) is 12.0 Å². The Labute approximate surface area is 175 Å². The maximum atomic E-state index is 12.3. The third-order valence-corrected chi connectivity index (χ3v) is 6.58. The fourth-order valence-corrected chi connectivity index (χ4v) is 4.95. The molecule has 1 aromatic carbocycles. The van der Waals surface area contributed by atoms with Crippen LogP contribution in [0.15, 0.2) is 30.3 Å². The minimum atomic E-state index is -0.453. The van der Waals surface area contributed by atoms with E-state index in [1.165, 1.54) is 16.2 Å². The lowest BCUT2D eigenvalue weighted by molar-refractivity contribution is -0.146. The van der Waals surface area contributed by atoms with Crippen LogP contribution < -0.4 is 5.32 Å². The molecule has 1 aromatic heterocycles. The van der Waals surface area contributed by atoms with Crippen LogP contribution in [-0.2, 0) is 33.6 Å². The normalized spacial score (nSPS) is 15.9. The van der Waals surface area contributed by atoms with Crippen molar-refractivity contribution in [3.63, 3.8) is 0 Å². The van der Waals surface area contributed by atoms with Gasteiger partial charge in [0.2, 0.25) is 0 Å². The highest BCUT2D eigenvalue weighted by Crippen LogP contribution is 2.43. The summed E-state index contributed by atoms with van der Waals surface area (Å²) in [6.07, 6.45) is 2.96. The maximum absolute atomic E-state index is 12.3. The van der Waals surface area contributed by atoms with E-state index in [-0.39, 0.29) is 18.4 Å². The second-order valence-corrected chi connectivity index (χ2v) is 9.60. The number of nitrogens with zero attached hydrogens (tertiary/aromatic N) is 1. The topological polar surface area (TPSA) is 79.2 Å². The number of rotatable bonds is 5. The fraction of sp³-hybridized carbons (Fsp3) is 0.435. The quantitative estimate of drug-likeness (QED) is 0.736. The van der Waals surface area contributed by atoms with E-state index in [4.69, 9.17) is 4.74 Å². The maximum Gasteiger partial charge on any atom is 0.310 e. The van der Waals surface area contributed by atoms with Crippen molar-refractivity contribution in [1.29, 1.82) is 5.26 Å². The Bertz CT molecular complexity index is 936. The Morgan fingerprint density at radius 1 is 1.28 bits per heavy atom. The molecular weight excluding hydrogens is 384 g/mol. The molecule has 3 rings (SSSR count). The number of nitriles is 1. The lowest BCUT2D eigenvalue weighted by Crippen LogP contribution is -2.26. The van der Waals surface area contributed by atoms with Gasteiger partial charge in [0.25, 0.3) is 5.91 Å². The van der Waals surface area contributed by atoms with Crippen LogP contribution in [0.1, 0.15) is 48.8 Å². The Morgan fingerprint density at radius 2 is 2.00 bits per heavy atom. The number of fused-ring (bicyclic) bond motifs is 1. The van der Waals surface area contributed by atoms with Crippen LogP contribution in [0.4, 0.5) is 5.00 Å². The third-order valence-electron chi connectivity index (χ3n) is 5.41. The summed E-state index contributed by atoms with van der Waals surface area (Å²) in [5.41, 5.74) is 2.67. The van der Waals surface area contributed by atoms with E-state index >= 15 is 0 Å². The van der Waals surface area contributed by atoms with E-state index in [1.54, 1.807) is 0 Å². The minimum absolute atomic E-state index is 0.124. The van der Waals surface area contributed by atoms with Gasteiger partial charge in [0.1, 0.15) is 11.1 Å². The second kappa shape index (κ2) is 8.79. The molecule has 0 radical (unpaired) electrons. The van der Waals surface area contributed by atoms with Crippen LogP contribution in [0.5, 0.6) is 0 Å². The summed E-state index contributed by atoms with van der Waals surface area (Å²) in [5, 5.41) is 12.9. The van der Waals surface area contributed by atoms with Crippen molar-refractivity contribution >= 4 is 28.2 Å². The van der Waals surface area contributed by atoms with Crippen molar-refractivity contribution < 1.29 is 14.3 Å². The number of amides is 1. The lowest BCUT2D eigenvalue weighted by Gasteiger charge is -2.33. The van der Waals surface area contributed by atoms with E-state index in [0.717, 1.165) is 30.4 Å². The molecular formula is C23H26N2O3S. The Hall–Kier alpha value is -2.65. The predicted molar refractivity (Wildman–Crippen MR) is 114 cm³/mol. The molecule has 1 amide bonds. The van der Waals surface area contributed by atoms with Gasteiger partial charge in [-0.15, -0.1) is 11.3 Å². The molecule has 1 atom stereocenters. The van der Waals surface area contributed by atoms with Crippen LogP contribution in [0.3, 0.4) is 0 Å². The molecule has 0 saturated heterocycles. The highest BCUT2D eigenvalue weighted by molar-refractivity contribution is 7.16. The van der Waals surface area contributed by atoms with Crippen molar-refractivity contribution in [3.8, 4) is 6.07 Å². The molecule has 0 fully saturated rings. The standard InChI is InChI=1S/C23H26N2O3S/c1-23(2,3)16-9-10-17-18(13-24)22(29-19(17)12-16)25-20(26)14-28-21(27)11-15-7-5-4-6-8-15/h4-8,16H,9-12,14H2,1-3H3,(H,25,26)/t16-/m0/s1. The number of carbonyl (C=O) groups is 2. The van der Waals surface area contributed by atoms with E-state index in [1.807, 2.05) is 30.3 Å². The van der Waals surface area contributed by atoms with Crippen LogP contribution in [0.25, 0.3) is 0 Å². The third kappa shape index (κ3) is 5.24. The number of benzene rings is 1. The average Bonchev–Trinajstić information content (AvgIpc) is 3.02. The molecule has 1 N–H and O–H groups in total. The smallest absolute Gasteiger partial charge is 0.310 e. The second-order valence-electron chi connectivity index (χ2n) is 8.50. The van der Waals surface area contributed by atoms with Crippen LogP contribution >= 0.6 is 11.3 Å². The first kappa shape index (κ1) is 21.1. The molecule has 1 aliphatic rings. The van der Waals surface area contributed by atoms with Crippen molar-refractivity contribution in [2.75, 3.05) is 11.9 Å². The number of anilines is 1. The molecule has 1 aliphatic carbocycles. The monoisotopic (exact) mass is 410 g/mol. The fourth-order valence-electron chi connectivity index (χ4n) is 3.65. The van der Waals surface area contributed by atoms with Gasteiger partial charge < -0.3 is 10.1 Å². The van der Waals surface area contributed by atoms with E-state index in [0.29, 0.717) is 16.5 Å². The number of carbonyl (C=O) groups excluding carboxylic acids is 2. The molecule has 0 bridgehead atoms. The van der Waals surface area contributed by atoms with Crippen molar-refractivity contribution in [2.24, 2.45) is 11.3 Å². The van der Waals surface area contributed by atoms with Gasteiger partial charge in [-0.05, 0) is 41.7 Å². The highest BCUT2D eigenvalue weighted by atomic mass is 32.1. The number of hydrogen-bond acceptors (Lipinski definition) is 5. The molecule has 29 heavy (non-hydrogen) atoms. The summed E-state index contributed by atoms with van der Waals surface area (Å²) in [5.74, 6) is -0.318. The van der Waals surface area contributed by atoms with E-state index in [2.05, 4.69) is 32.2 Å². The Balaban J connectivity index is 1.60. The van der Waals surface area contributed by atoms with Crippen molar-refractivity contribution in [1.82, 2.24) is 0 Å². The molecule has 6 heteroatoms. The first-order chi connectivity index (χ1) is 13.8. The van der Waals surface area contributed by atoms with Crippen molar-refractivity contribution in [2.45, 2.75) is 46.5 Å². The van der Waals surface area contributed by atoms with Crippen molar-refractivity contribution in [3.05, 3.63) is 51.9 Å². The Morgan fingerprint density at radius 3 is 2.66 bits per heavy atom. The van der Waals surface area contributed by atoms with E-state index < -0.39 is 11.9 Å². The first-order valence-electron chi connectivity index (χ1n) is 9.82. The highest BCUT2D eigenvalue weighted by Gasteiger charge is 2.32. The number of thiophene rings is 1. The van der Waals surface area contributed by atoms with Gasteiger partial charge in [-0.1, -0.05) is 51.1 Å². The van der Waals surface area contributed by atoms with Crippen LogP contribution in [-0.4, -0.2) is 18.5 Å². The zero-order valence-electron chi connectivity index (χ0n) is 17.1. The van der Waals surface area contributed by atoms with E-state index in [9.17, 15) is 14.9 Å². The molecule has 5 nitrogen and oxygen atoms in total. The lowest BCUT2D eigenvalue weighted by atomic mass is 9.72. The number of nitrogens with one attached hydrogen (secondary N) is 1. The predicted octanol–water partition coefficient (Wildman–Crippen LogP) is 4.50. The molecule has 152 valence electrons. The summed E-state index contributed by atoms with van der Waals surface area (Å²) >= 11 is 1.48. The first-order valence-corrected chi connectivity index (χ1v) is 10.6. The van der Waals surface area contributed by atoms with Gasteiger partial charge in [0.15, 0.2) is 6.61 Å². The zero-order valence-corrected chi connectivity index (χ0v) is 17.9. The molecule has 0 spiro atoms. The molecule has 0 unspecified atom stereocenters. The summed E-state index contributed by atoms with van der Waals surface area (Å²) in [6, 6.07) is 11.5. The van der Waals surface area contributed by atoms with Crippen LogP contribution in [0, 0.1) is 22.7 Å². The molecule has 0 saturated carbocycles. The molecule has 2 aromatic rings. The molecule has 1 heterocycles. The van der Waals surface area contributed by atoms with Gasteiger partial charge in [-0.25, -0.2) is 0 Å².